The molecule has 0 saturated heterocycles. The number of hydrogen-bond donors (Lipinski definition) is 0. The van der Waals surface area contributed by atoms with Crippen molar-refractivity contribution in [3.8, 4) is 0 Å². The third kappa shape index (κ3) is 4.22. The molecule has 0 saturated carbocycles. The molecule has 0 radical (unpaired) electrons. The molecule has 5 nitrogen and oxygen atoms in total. The van der Waals surface area contributed by atoms with E-state index in [2.05, 4.69) is 0 Å². The molecule has 1 rings (SSSR count). The molecule has 5 heteroatoms. The Kier molecular flexibility index (Phi) is 5.13. The van der Waals surface area contributed by atoms with Crippen LogP contribution < -0.4 is 0 Å². The second kappa shape index (κ2) is 6.62. The fraction of sp³-hybridized carbons (Fsp3) is 0.417. The Morgan fingerprint density at radius 1 is 1.41 bits per heavy atom. The molecule has 1 atom stereocenters. The van der Waals surface area contributed by atoms with Crippen LogP contribution in [0.1, 0.15) is 25.3 Å². The lowest BCUT2D eigenvalue weighted by Crippen LogP contribution is -2.31. The van der Waals surface area contributed by atoms with Crippen LogP contribution >= 0.6 is 0 Å². The highest BCUT2D eigenvalue weighted by atomic mass is 16.6. The molecule has 1 aromatic rings. The van der Waals surface area contributed by atoms with Gasteiger partial charge in [-0.2, -0.15) is 0 Å². The van der Waals surface area contributed by atoms with Crippen LogP contribution in [0.25, 0.3) is 0 Å². The first-order valence-electron chi connectivity index (χ1n) is 5.49. The molecule has 0 aromatic heterocycles. The first kappa shape index (κ1) is 13.2. The molecular formula is C12H15NO4. The second-order valence-corrected chi connectivity index (χ2v) is 3.68. The molecule has 1 aromatic carbocycles. The quantitative estimate of drug-likeness (QED) is 0.432. The van der Waals surface area contributed by atoms with Gasteiger partial charge < -0.3 is 4.74 Å². The van der Waals surface area contributed by atoms with Crippen molar-refractivity contribution in [1.29, 1.82) is 0 Å². The van der Waals surface area contributed by atoms with Crippen LogP contribution in [-0.2, 0) is 16.1 Å². The molecule has 0 N–H and O–H groups in total. The predicted octanol–water partition coefficient (Wildman–Crippen LogP) is 2.18. The standard InChI is InChI=1S/C12H15NO4/c1-2-6-11(13(15)16)12(14)17-9-10-7-4-3-5-8-10/h3-5,7-8,11H,2,6,9H2,1H3. The van der Waals surface area contributed by atoms with Gasteiger partial charge in [-0.15, -0.1) is 0 Å². The summed E-state index contributed by atoms with van der Waals surface area (Å²) in [7, 11) is 0. The molecule has 92 valence electrons. The summed E-state index contributed by atoms with van der Waals surface area (Å²) in [6.45, 7) is 1.87. The zero-order chi connectivity index (χ0) is 12.7. The lowest BCUT2D eigenvalue weighted by molar-refractivity contribution is -0.511. The molecule has 0 spiro atoms. The van der Waals surface area contributed by atoms with Gasteiger partial charge in [-0.05, 0) is 12.0 Å². The van der Waals surface area contributed by atoms with Crippen LogP contribution in [-0.4, -0.2) is 16.9 Å². The smallest absolute Gasteiger partial charge is 0.381 e. The number of hydrogen-bond acceptors (Lipinski definition) is 4. The minimum absolute atomic E-state index is 0.0771. The first-order valence-corrected chi connectivity index (χ1v) is 5.49. The Hall–Kier alpha value is -1.91. The van der Waals surface area contributed by atoms with Gasteiger partial charge in [0.05, 0.1) is 0 Å². The van der Waals surface area contributed by atoms with Crippen LogP contribution in [0.3, 0.4) is 0 Å². The largest absolute Gasteiger partial charge is 0.456 e. The Bertz CT molecular complexity index is 377. The van der Waals surface area contributed by atoms with Gasteiger partial charge in [0, 0.05) is 11.3 Å². The Labute approximate surface area is 99.5 Å². The van der Waals surface area contributed by atoms with Gasteiger partial charge in [-0.25, -0.2) is 4.79 Å². The topological polar surface area (TPSA) is 69.4 Å². The highest BCUT2D eigenvalue weighted by molar-refractivity contribution is 5.74. The van der Waals surface area contributed by atoms with E-state index in [1.54, 1.807) is 19.1 Å². The van der Waals surface area contributed by atoms with Crippen molar-refractivity contribution in [2.24, 2.45) is 0 Å². The Morgan fingerprint density at radius 2 is 2.06 bits per heavy atom. The van der Waals surface area contributed by atoms with Crippen LogP contribution in [0, 0.1) is 10.1 Å². The van der Waals surface area contributed by atoms with E-state index in [0.29, 0.717) is 6.42 Å². The van der Waals surface area contributed by atoms with Crippen molar-refractivity contribution in [3.63, 3.8) is 0 Å². The number of nitrogens with zero attached hydrogens (tertiary/aromatic N) is 1. The van der Waals surface area contributed by atoms with E-state index in [4.69, 9.17) is 4.74 Å². The van der Waals surface area contributed by atoms with Crippen LogP contribution in [0.5, 0.6) is 0 Å². The van der Waals surface area contributed by atoms with E-state index >= 15 is 0 Å². The van der Waals surface area contributed by atoms with Crippen molar-refractivity contribution in [2.75, 3.05) is 0 Å². The second-order valence-electron chi connectivity index (χ2n) is 3.68. The fourth-order valence-electron chi connectivity index (χ4n) is 1.41. The number of ether oxygens (including phenoxy) is 1. The maximum absolute atomic E-state index is 11.5. The maximum atomic E-state index is 11.5. The first-order chi connectivity index (χ1) is 8.15. The summed E-state index contributed by atoms with van der Waals surface area (Å²) in [6, 6.07) is 7.84. The number of carbonyl (C=O) groups excluding carboxylic acids is 1. The number of benzene rings is 1. The SMILES string of the molecule is CCCC(C(=O)OCc1ccccc1)[N+](=O)[O-]. The van der Waals surface area contributed by atoms with Gasteiger partial charge in [0.15, 0.2) is 0 Å². The molecule has 17 heavy (non-hydrogen) atoms. The maximum Gasteiger partial charge on any atom is 0.381 e. The summed E-state index contributed by atoms with van der Waals surface area (Å²) < 4.78 is 4.92. The summed E-state index contributed by atoms with van der Waals surface area (Å²) in [5, 5.41) is 10.6. The monoisotopic (exact) mass is 237 g/mol. The molecule has 0 aliphatic heterocycles. The van der Waals surface area contributed by atoms with Gasteiger partial charge >= 0.3 is 12.0 Å². The average Bonchev–Trinajstić information content (AvgIpc) is 2.34. The fourth-order valence-corrected chi connectivity index (χ4v) is 1.41. The number of carbonyl (C=O) groups is 1. The highest BCUT2D eigenvalue weighted by Crippen LogP contribution is 2.07. The lowest BCUT2D eigenvalue weighted by atomic mass is 10.2. The normalized spacial score (nSPS) is 11.8. The molecular weight excluding hydrogens is 222 g/mol. The molecule has 0 heterocycles. The van der Waals surface area contributed by atoms with Crippen LogP contribution in [0.15, 0.2) is 30.3 Å². The highest BCUT2D eigenvalue weighted by Gasteiger charge is 2.30. The van der Waals surface area contributed by atoms with Crippen molar-refractivity contribution in [2.45, 2.75) is 32.4 Å². The zero-order valence-corrected chi connectivity index (χ0v) is 9.67. The molecule has 1 unspecified atom stereocenters. The number of nitro groups is 1. The number of rotatable bonds is 6. The minimum atomic E-state index is -1.25. The Morgan fingerprint density at radius 3 is 2.59 bits per heavy atom. The van der Waals surface area contributed by atoms with Gasteiger partial charge in [0.25, 0.3) is 0 Å². The lowest BCUT2D eigenvalue weighted by Gasteiger charge is -2.08. The van der Waals surface area contributed by atoms with Gasteiger partial charge in [-0.1, -0.05) is 37.3 Å². The summed E-state index contributed by atoms with van der Waals surface area (Å²) in [6.07, 6.45) is 0.784. The third-order valence-corrected chi connectivity index (χ3v) is 2.31. The van der Waals surface area contributed by atoms with Crippen molar-refractivity contribution < 1.29 is 14.5 Å². The molecule has 0 bridgehead atoms. The van der Waals surface area contributed by atoms with E-state index in [-0.39, 0.29) is 13.0 Å². The van der Waals surface area contributed by atoms with Crippen molar-refractivity contribution in [1.82, 2.24) is 0 Å². The molecule has 0 fully saturated rings. The van der Waals surface area contributed by atoms with Gasteiger partial charge in [0.1, 0.15) is 6.61 Å². The third-order valence-electron chi connectivity index (χ3n) is 2.31. The van der Waals surface area contributed by atoms with Crippen LogP contribution in [0.2, 0.25) is 0 Å². The van der Waals surface area contributed by atoms with Crippen LogP contribution in [0.4, 0.5) is 0 Å². The minimum Gasteiger partial charge on any atom is -0.456 e. The average molecular weight is 237 g/mol. The van der Waals surface area contributed by atoms with Gasteiger partial charge in [-0.3, -0.25) is 10.1 Å². The zero-order valence-electron chi connectivity index (χ0n) is 9.67. The van der Waals surface area contributed by atoms with Gasteiger partial charge in [0.2, 0.25) is 0 Å². The molecule has 0 aliphatic carbocycles. The summed E-state index contributed by atoms with van der Waals surface area (Å²) in [4.78, 5) is 21.5. The molecule has 0 aliphatic rings. The van der Waals surface area contributed by atoms with Crippen molar-refractivity contribution >= 4 is 5.97 Å². The van der Waals surface area contributed by atoms with E-state index in [1.807, 2.05) is 18.2 Å². The van der Waals surface area contributed by atoms with E-state index in [0.717, 1.165) is 5.56 Å². The van der Waals surface area contributed by atoms with E-state index < -0.39 is 16.9 Å². The Balaban J connectivity index is 2.50. The summed E-state index contributed by atoms with van der Waals surface area (Å²) in [5.41, 5.74) is 0.819. The number of esters is 1. The van der Waals surface area contributed by atoms with Crippen molar-refractivity contribution in [3.05, 3.63) is 46.0 Å². The predicted molar refractivity (Wildman–Crippen MR) is 61.9 cm³/mol. The molecule has 0 amide bonds. The van der Waals surface area contributed by atoms with E-state index in [1.165, 1.54) is 0 Å². The summed E-state index contributed by atoms with van der Waals surface area (Å²) >= 11 is 0. The van der Waals surface area contributed by atoms with E-state index in [9.17, 15) is 14.9 Å². The summed E-state index contributed by atoms with van der Waals surface area (Å²) in [5.74, 6) is -0.763.